The summed E-state index contributed by atoms with van der Waals surface area (Å²) in [6, 6.07) is 0.696. The van der Waals surface area contributed by atoms with Crippen molar-refractivity contribution in [1.82, 2.24) is 15.2 Å². The van der Waals surface area contributed by atoms with E-state index in [4.69, 9.17) is 4.74 Å². The summed E-state index contributed by atoms with van der Waals surface area (Å²) in [5, 5.41) is 4.62. The van der Waals surface area contributed by atoms with Crippen molar-refractivity contribution < 1.29 is 4.74 Å². The summed E-state index contributed by atoms with van der Waals surface area (Å²) in [5.74, 6) is 0. The van der Waals surface area contributed by atoms with Crippen LogP contribution < -0.4 is 5.32 Å². The van der Waals surface area contributed by atoms with E-state index in [0.717, 1.165) is 31.2 Å². The topological polar surface area (TPSA) is 37.4 Å². The van der Waals surface area contributed by atoms with Crippen molar-refractivity contribution in [2.45, 2.75) is 31.5 Å². The largest absolute Gasteiger partial charge is 0.374 e. The highest BCUT2D eigenvalue weighted by Gasteiger charge is 2.31. The van der Waals surface area contributed by atoms with Crippen molar-refractivity contribution >= 4 is 33.9 Å². The summed E-state index contributed by atoms with van der Waals surface area (Å²) in [7, 11) is 0. The molecule has 0 spiro atoms. The molecule has 0 saturated carbocycles. The Morgan fingerprint density at radius 3 is 3.39 bits per heavy atom. The van der Waals surface area contributed by atoms with E-state index in [1.54, 1.807) is 11.3 Å². The number of thiazole rings is 1. The molecule has 0 aromatic carbocycles. The van der Waals surface area contributed by atoms with Gasteiger partial charge in [0.05, 0.1) is 21.8 Å². The Morgan fingerprint density at radius 1 is 1.61 bits per heavy atom. The van der Waals surface area contributed by atoms with Crippen LogP contribution in [0.5, 0.6) is 0 Å². The van der Waals surface area contributed by atoms with Crippen molar-refractivity contribution in [2.75, 3.05) is 26.2 Å². The zero-order chi connectivity index (χ0) is 12.4. The minimum Gasteiger partial charge on any atom is -0.374 e. The standard InChI is InChI=1S/C12H18IN3OS/c13-11-5-15-12(18-11)6-14-4-10-7-16-3-1-2-9(16)8-17-10/h5,9-10,14H,1-4,6-8H2. The second-order valence-electron chi connectivity index (χ2n) is 4.94. The van der Waals surface area contributed by atoms with Gasteiger partial charge < -0.3 is 10.1 Å². The Morgan fingerprint density at radius 2 is 2.56 bits per heavy atom. The van der Waals surface area contributed by atoms with E-state index >= 15 is 0 Å². The lowest BCUT2D eigenvalue weighted by atomic mass is 10.2. The molecular weight excluding hydrogens is 361 g/mol. The summed E-state index contributed by atoms with van der Waals surface area (Å²) in [6.07, 6.45) is 4.93. The Hall–Kier alpha value is 0.240. The normalized spacial score (nSPS) is 28.5. The molecule has 0 radical (unpaired) electrons. The highest BCUT2D eigenvalue weighted by molar-refractivity contribution is 14.1. The molecule has 6 heteroatoms. The molecule has 4 nitrogen and oxygen atoms in total. The SMILES string of the molecule is Ic1cnc(CNCC2CN3CCCC3CO2)s1. The molecule has 2 fully saturated rings. The van der Waals surface area contributed by atoms with Crippen LogP contribution in [0.15, 0.2) is 6.20 Å². The minimum atomic E-state index is 0.346. The summed E-state index contributed by atoms with van der Waals surface area (Å²) < 4.78 is 7.16. The molecular formula is C12H18IN3OS. The second-order valence-corrected chi connectivity index (χ2v) is 7.94. The number of nitrogens with zero attached hydrogens (tertiary/aromatic N) is 2. The predicted molar refractivity (Wildman–Crippen MR) is 80.9 cm³/mol. The van der Waals surface area contributed by atoms with Gasteiger partial charge >= 0.3 is 0 Å². The number of fused-ring (bicyclic) bond motifs is 1. The average molecular weight is 379 g/mol. The van der Waals surface area contributed by atoms with Crippen molar-refractivity contribution in [2.24, 2.45) is 0 Å². The van der Waals surface area contributed by atoms with Gasteiger partial charge in [0.15, 0.2) is 0 Å². The van der Waals surface area contributed by atoms with Crippen molar-refractivity contribution in [1.29, 1.82) is 0 Å². The predicted octanol–water partition coefficient (Wildman–Crippen LogP) is 1.70. The average Bonchev–Trinajstić information content (AvgIpc) is 2.97. The van der Waals surface area contributed by atoms with Gasteiger partial charge in [-0.1, -0.05) is 0 Å². The Balaban J connectivity index is 1.41. The fourth-order valence-electron chi connectivity index (χ4n) is 2.72. The quantitative estimate of drug-likeness (QED) is 0.809. The van der Waals surface area contributed by atoms with Gasteiger partial charge in [0.2, 0.25) is 0 Å². The fraction of sp³-hybridized carbons (Fsp3) is 0.750. The highest BCUT2D eigenvalue weighted by Crippen LogP contribution is 2.22. The van der Waals surface area contributed by atoms with Crippen LogP contribution >= 0.6 is 33.9 Å². The third-order valence-electron chi connectivity index (χ3n) is 3.64. The minimum absolute atomic E-state index is 0.346. The van der Waals surface area contributed by atoms with Gasteiger partial charge in [-0.2, -0.15) is 0 Å². The molecule has 3 heterocycles. The third kappa shape index (κ3) is 3.22. The van der Waals surface area contributed by atoms with Gasteiger partial charge in [0.1, 0.15) is 5.01 Å². The lowest BCUT2D eigenvalue weighted by Crippen LogP contribution is -2.49. The molecule has 2 unspecified atom stereocenters. The Bertz CT molecular complexity index is 400. The molecule has 0 aliphatic carbocycles. The maximum Gasteiger partial charge on any atom is 0.107 e. The van der Waals surface area contributed by atoms with E-state index in [2.05, 4.69) is 37.8 Å². The highest BCUT2D eigenvalue weighted by atomic mass is 127. The number of hydrogen-bond donors (Lipinski definition) is 1. The van der Waals surface area contributed by atoms with Crippen molar-refractivity contribution in [3.8, 4) is 0 Å². The number of hydrogen-bond acceptors (Lipinski definition) is 5. The van der Waals surface area contributed by atoms with Gasteiger partial charge in [-0.25, -0.2) is 4.98 Å². The number of nitrogens with one attached hydrogen (secondary N) is 1. The van der Waals surface area contributed by atoms with E-state index in [1.807, 2.05) is 6.20 Å². The monoisotopic (exact) mass is 379 g/mol. The van der Waals surface area contributed by atoms with E-state index in [9.17, 15) is 0 Å². The molecule has 0 amide bonds. The molecule has 3 rings (SSSR count). The van der Waals surface area contributed by atoms with Crippen LogP contribution in [0.4, 0.5) is 0 Å². The second kappa shape index (κ2) is 6.13. The molecule has 1 N–H and O–H groups in total. The van der Waals surface area contributed by atoms with Crippen molar-refractivity contribution in [3.05, 3.63) is 14.1 Å². The summed E-state index contributed by atoms with van der Waals surface area (Å²) in [5.41, 5.74) is 0. The van der Waals surface area contributed by atoms with E-state index in [1.165, 1.54) is 22.3 Å². The first-order chi connectivity index (χ1) is 8.81. The molecule has 2 atom stereocenters. The van der Waals surface area contributed by atoms with E-state index in [-0.39, 0.29) is 0 Å². The van der Waals surface area contributed by atoms with Crippen LogP contribution in [0.25, 0.3) is 0 Å². The molecule has 2 aliphatic rings. The van der Waals surface area contributed by atoms with Crippen LogP contribution in [0.2, 0.25) is 0 Å². The first kappa shape index (κ1) is 13.2. The summed E-state index contributed by atoms with van der Waals surface area (Å²) in [4.78, 5) is 6.93. The lowest BCUT2D eigenvalue weighted by molar-refractivity contribution is -0.0470. The third-order valence-corrected chi connectivity index (χ3v) is 5.36. The molecule has 1 aromatic heterocycles. The van der Waals surface area contributed by atoms with Gasteiger partial charge in [-0.15, -0.1) is 11.3 Å². The van der Waals surface area contributed by atoms with Gasteiger partial charge in [-0.3, -0.25) is 4.90 Å². The summed E-state index contributed by atoms with van der Waals surface area (Å²) in [6.45, 7) is 5.06. The van der Waals surface area contributed by atoms with Gasteiger partial charge in [-0.05, 0) is 42.0 Å². The van der Waals surface area contributed by atoms with E-state index in [0.29, 0.717) is 12.1 Å². The van der Waals surface area contributed by atoms with Gasteiger partial charge in [0.25, 0.3) is 0 Å². The molecule has 0 bridgehead atoms. The van der Waals surface area contributed by atoms with Crippen LogP contribution in [0.1, 0.15) is 17.8 Å². The van der Waals surface area contributed by atoms with Crippen LogP contribution in [-0.4, -0.2) is 48.3 Å². The van der Waals surface area contributed by atoms with Crippen LogP contribution in [0, 0.1) is 2.88 Å². The Kier molecular flexibility index (Phi) is 4.51. The first-order valence-corrected chi connectivity index (χ1v) is 8.37. The zero-order valence-corrected chi connectivity index (χ0v) is 13.2. The lowest BCUT2D eigenvalue weighted by Gasteiger charge is -2.35. The molecule has 2 aliphatic heterocycles. The van der Waals surface area contributed by atoms with Gasteiger partial charge in [0, 0.05) is 25.7 Å². The van der Waals surface area contributed by atoms with E-state index < -0.39 is 0 Å². The molecule has 18 heavy (non-hydrogen) atoms. The Labute approximate surface area is 125 Å². The molecule has 2 saturated heterocycles. The number of halogens is 1. The smallest absolute Gasteiger partial charge is 0.107 e. The molecule has 1 aromatic rings. The number of rotatable bonds is 4. The summed E-state index contributed by atoms with van der Waals surface area (Å²) >= 11 is 4.06. The first-order valence-electron chi connectivity index (χ1n) is 6.48. The number of morpholine rings is 1. The zero-order valence-electron chi connectivity index (χ0n) is 10.3. The van der Waals surface area contributed by atoms with Crippen LogP contribution in [-0.2, 0) is 11.3 Å². The number of ether oxygens (including phenoxy) is 1. The van der Waals surface area contributed by atoms with Crippen LogP contribution in [0.3, 0.4) is 0 Å². The fourth-order valence-corrected chi connectivity index (χ4v) is 4.23. The van der Waals surface area contributed by atoms with Crippen molar-refractivity contribution in [3.63, 3.8) is 0 Å². The maximum atomic E-state index is 5.91. The number of aromatic nitrogens is 1. The molecule has 100 valence electrons. The maximum absolute atomic E-state index is 5.91.